The van der Waals surface area contributed by atoms with Crippen LogP contribution in [0.2, 0.25) is 0 Å². The van der Waals surface area contributed by atoms with Crippen LogP contribution in [0.25, 0.3) is 10.9 Å². The monoisotopic (exact) mass is 361 g/mol. The van der Waals surface area contributed by atoms with Crippen LogP contribution in [-0.4, -0.2) is 53.0 Å². The van der Waals surface area contributed by atoms with Crippen molar-refractivity contribution < 1.29 is 23.9 Å². The first-order valence-electron chi connectivity index (χ1n) is 8.17. The van der Waals surface area contributed by atoms with E-state index in [0.29, 0.717) is 29.7 Å². The van der Waals surface area contributed by atoms with Gasteiger partial charge in [0.2, 0.25) is 6.79 Å². The number of nitrogens with zero attached hydrogens (tertiary/aromatic N) is 3. The number of carbonyl (C=O) groups excluding carboxylic acids is 1. The van der Waals surface area contributed by atoms with E-state index in [4.69, 9.17) is 14.2 Å². The van der Waals surface area contributed by atoms with Crippen molar-refractivity contribution in [1.29, 1.82) is 0 Å². The van der Waals surface area contributed by atoms with Crippen molar-refractivity contribution in [2.24, 2.45) is 0 Å². The predicted molar refractivity (Wildman–Crippen MR) is 92.0 cm³/mol. The van der Waals surface area contributed by atoms with E-state index >= 15 is 0 Å². The fourth-order valence-corrected chi connectivity index (χ4v) is 2.97. The highest BCUT2D eigenvalue weighted by Crippen LogP contribution is 2.31. The van der Waals surface area contributed by atoms with E-state index in [0.717, 1.165) is 0 Å². The molecule has 1 aromatic carbocycles. The summed E-state index contributed by atoms with van der Waals surface area (Å²) >= 11 is 0. The quantitative estimate of drug-likeness (QED) is 0.468. The van der Waals surface area contributed by atoms with Gasteiger partial charge in [-0.2, -0.15) is 0 Å². The minimum atomic E-state index is -0.494. The van der Waals surface area contributed by atoms with Crippen LogP contribution < -0.4 is 4.74 Å². The first-order valence-corrected chi connectivity index (χ1v) is 8.17. The number of ether oxygens (including phenoxy) is 3. The summed E-state index contributed by atoms with van der Waals surface area (Å²) in [5, 5.41) is 11.5. The minimum absolute atomic E-state index is 0.0602. The van der Waals surface area contributed by atoms with E-state index < -0.39 is 11.0 Å². The molecule has 9 nitrogen and oxygen atoms in total. The summed E-state index contributed by atoms with van der Waals surface area (Å²) in [7, 11) is 0. The van der Waals surface area contributed by atoms with Gasteiger partial charge in [0.1, 0.15) is 11.3 Å². The zero-order valence-corrected chi connectivity index (χ0v) is 14.5. The van der Waals surface area contributed by atoms with Gasteiger partial charge in [-0.3, -0.25) is 15.1 Å². The minimum Gasteiger partial charge on any atom is -0.455 e. The molecule has 1 amide bonds. The van der Waals surface area contributed by atoms with Gasteiger partial charge in [0.25, 0.3) is 5.69 Å². The molecule has 9 heteroatoms. The third kappa shape index (κ3) is 3.83. The Kier molecular flexibility index (Phi) is 5.17. The van der Waals surface area contributed by atoms with Crippen molar-refractivity contribution in [3.8, 4) is 5.75 Å². The molecule has 2 unspecified atom stereocenters. The highest BCUT2D eigenvalue weighted by Gasteiger charge is 2.27. The van der Waals surface area contributed by atoms with E-state index in [1.165, 1.54) is 18.3 Å². The molecule has 138 valence electrons. The van der Waals surface area contributed by atoms with Gasteiger partial charge >= 0.3 is 6.09 Å². The second kappa shape index (κ2) is 7.52. The number of nitro groups is 1. The number of morpholine rings is 1. The zero-order chi connectivity index (χ0) is 18.7. The number of benzene rings is 1. The van der Waals surface area contributed by atoms with Crippen molar-refractivity contribution in [3.05, 3.63) is 40.6 Å². The largest absolute Gasteiger partial charge is 0.455 e. The van der Waals surface area contributed by atoms with Crippen molar-refractivity contribution in [1.82, 2.24) is 9.88 Å². The molecule has 1 aliphatic heterocycles. The van der Waals surface area contributed by atoms with Crippen LogP contribution in [0.5, 0.6) is 5.75 Å². The summed E-state index contributed by atoms with van der Waals surface area (Å²) in [5.41, 5.74) is 0.278. The first-order chi connectivity index (χ1) is 12.5. The van der Waals surface area contributed by atoms with Crippen LogP contribution >= 0.6 is 0 Å². The number of carbonyl (C=O) groups is 1. The average molecular weight is 361 g/mol. The number of amides is 1. The lowest BCUT2D eigenvalue weighted by Gasteiger charge is -2.34. The Hall–Kier alpha value is -2.94. The Bertz CT molecular complexity index is 817. The zero-order valence-electron chi connectivity index (χ0n) is 14.5. The van der Waals surface area contributed by atoms with E-state index in [1.807, 2.05) is 13.8 Å². The topological polar surface area (TPSA) is 104 Å². The lowest BCUT2D eigenvalue weighted by Crippen LogP contribution is -2.48. The molecule has 0 aliphatic carbocycles. The number of rotatable bonds is 4. The van der Waals surface area contributed by atoms with Crippen LogP contribution in [-0.2, 0) is 9.47 Å². The van der Waals surface area contributed by atoms with Crippen molar-refractivity contribution >= 4 is 22.7 Å². The molecule has 0 bridgehead atoms. The summed E-state index contributed by atoms with van der Waals surface area (Å²) in [4.78, 5) is 28.5. The number of non-ortho nitro benzene ring substituents is 1. The predicted octanol–water partition coefficient (Wildman–Crippen LogP) is 2.73. The summed E-state index contributed by atoms with van der Waals surface area (Å²) in [6.45, 7) is 4.36. The van der Waals surface area contributed by atoms with Gasteiger partial charge in [-0.25, -0.2) is 4.79 Å². The molecule has 26 heavy (non-hydrogen) atoms. The molecule has 2 aromatic rings. The van der Waals surface area contributed by atoms with Gasteiger partial charge in [0.15, 0.2) is 0 Å². The molecule has 0 radical (unpaired) electrons. The first kappa shape index (κ1) is 17.9. The number of pyridine rings is 1. The van der Waals surface area contributed by atoms with Crippen LogP contribution in [0.15, 0.2) is 30.5 Å². The van der Waals surface area contributed by atoms with Gasteiger partial charge in [-0.1, -0.05) is 0 Å². The van der Waals surface area contributed by atoms with Gasteiger partial charge < -0.3 is 19.1 Å². The fourth-order valence-electron chi connectivity index (χ4n) is 2.97. The van der Waals surface area contributed by atoms with Gasteiger partial charge in [0, 0.05) is 12.3 Å². The molecule has 0 saturated carbocycles. The SMILES string of the molecule is CC1CN(C(=O)OCOc2ccc([N+](=O)[O-])c3cccnc23)CC(C)O1. The highest BCUT2D eigenvalue weighted by molar-refractivity contribution is 5.92. The number of nitro benzene ring substituents is 1. The van der Waals surface area contributed by atoms with E-state index in [9.17, 15) is 14.9 Å². The summed E-state index contributed by atoms with van der Waals surface area (Å²) in [6, 6.07) is 5.99. The summed E-state index contributed by atoms with van der Waals surface area (Å²) in [5.74, 6) is 0.308. The third-order valence-corrected chi connectivity index (χ3v) is 3.98. The van der Waals surface area contributed by atoms with Crippen molar-refractivity contribution in [2.45, 2.75) is 26.1 Å². The lowest BCUT2D eigenvalue weighted by atomic mass is 10.1. The standard InChI is InChI=1S/C17H19N3O6/c1-11-8-19(9-12(2)26-11)17(21)25-10-24-15-6-5-14(20(22)23)13-4-3-7-18-16(13)15/h3-7,11-12H,8-10H2,1-2H3. The van der Waals surface area contributed by atoms with Gasteiger partial charge in [0.05, 0.1) is 35.6 Å². The number of hydrogen-bond donors (Lipinski definition) is 0. The van der Waals surface area contributed by atoms with E-state index in [-0.39, 0.29) is 24.7 Å². The molecule has 1 aliphatic rings. The highest BCUT2D eigenvalue weighted by atomic mass is 16.7. The van der Waals surface area contributed by atoms with Crippen molar-refractivity contribution in [2.75, 3.05) is 19.9 Å². The maximum Gasteiger partial charge on any atom is 0.412 e. The smallest absolute Gasteiger partial charge is 0.412 e. The van der Waals surface area contributed by atoms with Crippen LogP contribution in [0.3, 0.4) is 0 Å². The Morgan fingerprint density at radius 1 is 1.35 bits per heavy atom. The molecule has 2 atom stereocenters. The summed E-state index contributed by atoms with van der Waals surface area (Å²) < 4.78 is 16.2. The second-order valence-corrected chi connectivity index (χ2v) is 6.07. The number of aromatic nitrogens is 1. The van der Waals surface area contributed by atoms with E-state index in [2.05, 4.69) is 4.98 Å². The van der Waals surface area contributed by atoms with Crippen LogP contribution in [0.1, 0.15) is 13.8 Å². The normalized spacial score (nSPS) is 20.0. The molecule has 0 spiro atoms. The molecule has 1 aromatic heterocycles. The lowest BCUT2D eigenvalue weighted by molar-refractivity contribution is -0.383. The Balaban J connectivity index is 1.66. The Morgan fingerprint density at radius 3 is 2.77 bits per heavy atom. The number of fused-ring (bicyclic) bond motifs is 1. The third-order valence-electron chi connectivity index (χ3n) is 3.98. The van der Waals surface area contributed by atoms with Crippen molar-refractivity contribution in [3.63, 3.8) is 0 Å². The number of hydrogen-bond acceptors (Lipinski definition) is 7. The van der Waals surface area contributed by atoms with Gasteiger partial charge in [-0.15, -0.1) is 0 Å². The molecular weight excluding hydrogens is 342 g/mol. The van der Waals surface area contributed by atoms with Crippen LogP contribution in [0.4, 0.5) is 10.5 Å². The molecule has 1 saturated heterocycles. The molecule has 3 rings (SSSR count). The van der Waals surface area contributed by atoms with Gasteiger partial charge in [-0.05, 0) is 32.0 Å². The maximum absolute atomic E-state index is 12.1. The molecule has 1 fully saturated rings. The molecule has 0 N–H and O–H groups in total. The fraction of sp³-hybridized carbons (Fsp3) is 0.412. The average Bonchev–Trinajstić information content (AvgIpc) is 2.60. The van der Waals surface area contributed by atoms with E-state index in [1.54, 1.807) is 17.0 Å². The molecular formula is C17H19N3O6. The Morgan fingerprint density at radius 2 is 2.08 bits per heavy atom. The molecule has 2 heterocycles. The van der Waals surface area contributed by atoms with Crippen LogP contribution in [0, 0.1) is 10.1 Å². The Labute approximate surface area is 149 Å². The second-order valence-electron chi connectivity index (χ2n) is 6.07. The summed E-state index contributed by atoms with van der Waals surface area (Å²) in [6.07, 6.45) is 0.901. The maximum atomic E-state index is 12.1.